The van der Waals surface area contributed by atoms with E-state index in [9.17, 15) is 9.59 Å². The summed E-state index contributed by atoms with van der Waals surface area (Å²) in [4.78, 5) is 31.4. The molecule has 1 aliphatic rings. The second kappa shape index (κ2) is 6.05. The van der Waals surface area contributed by atoms with Crippen LogP contribution < -0.4 is 10.2 Å². The molecule has 1 N–H and O–H groups in total. The molecule has 6 nitrogen and oxygen atoms in total. The van der Waals surface area contributed by atoms with E-state index in [1.807, 2.05) is 43.3 Å². The zero-order valence-corrected chi connectivity index (χ0v) is 13.8. The number of nitrogens with zero attached hydrogens (tertiary/aromatic N) is 3. The summed E-state index contributed by atoms with van der Waals surface area (Å²) < 4.78 is 1.72. The van der Waals surface area contributed by atoms with Crippen LogP contribution >= 0.6 is 0 Å². The standard InChI is InChI=1S/C19H18N4O2/c1-13-12-15(19(25)23(13)14-6-3-2-4-7-14)21-18(24)16-8-5-9-17-20-10-11-22(16)17/h2-11,13,15H,12H2,1H3,(H,21,24)/t13-,15+/m1/s1. The van der Waals surface area contributed by atoms with E-state index in [0.29, 0.717) is 17.8 Å². The van der Waals surface area contributed by atoms with Crippen LogP contribution in [0.4, 0.5) is 5.69 Å². The fourth-order valence-corrected chi connectivity index (χ4v) is 3.39. The lowest BCUT2D eigenvalue weighted by Crippen LogP contribution is -2.42. The zero-order chi connectivity index (χ0) is 17.4. The first-order valence-corrected chi connectivity index (χ1v) is 8.26. The predicted molar refractivity (Wildman–Crippen MR) is 94.5 cm³/mol. The van der Waals surface area contributed by atoms with Gasteiger partial charge in [0.1, 0.15) is 17.4 Å². The largest absolute Gasteiger partial charge is 0.339 e. The number of nitrogens with one attached hydrogen (secondary N) is 1. The molecule has 2 atom stereocenters. The lowest BCUT2D eigenvalue weighted by atomic mass is 10.2. The van der Waals surface area contributed by atoms with Crippen LogP contribution in [0.25, 0.3) is 5.65 Å². The van der Waals surface area contributed by atoms with E-state index in [1.165, 1.54) is 0 Å². The molecule has 0 aliphatic carbocycles. The van der Waals surface area contributed by atoms with Gasteiger partial charge in [0.25, 0.3) is 5.91 Å². The average Bonchev–Trinajstić information content (AvgIpc) is 3.20. The lowest BCUT2D eigenvalue weighted by molar-refractivity contribution is -0.118. The van der Waals surface area contributed by atoms with E-state index in [0.717, 1.165) is 5.69 Å². The van der Waals surface area contributed by atoms with Crippen LogP contribution in [-0.2, 0) is 4.79 Å². The Morgan fingerprint density at radius 1 is 1.16 bits per heavy atom. The van der Waals surface area contributed by atoms with Crippen molar-refractivity contribution in [3.8, 4) is 0 Å². The van der Waals surface area contributed by atoms with Gasteiger partial charge in [-0.15, -0.1) is 0 Å². The van der Waals surface area contributed by atoms with Crippen molar-refractivity contribution >= 4 is 23.1 Å². The molecule has 3 aromatic rings. The van der Waals surface area contributed by atoms with Gasteiger partial charge >= 0.3 is 0 Å². The molecule has 1 fully saturated rings. The number of rotatable bonds is 3. The van der Waals surface area contributed by atoms with Crippen molar-refractivity contribution in [3.05, 3.63) is 66.6 Å². The van der Waals surface area contributed by atoms with Crippen molar-refractivity contribution in [2.45, 2.75) is 25.4 Å². The second-order valence-corrected chi connectivity index (χ2v) is 6.22. The van der Waals surface area contributed by atoms with E-state index in [1.54, 1.807) is 33.8 Å². The summed E-state index contributed by atoms with van der Waals surface area (Å²) in [6, 6.07) is 14.4. The first-order valence-electron chi connectivity index (χ1n) is 8.26. The SMILES string of the molecule is C[C@@H]1C[C@H](NC(=O)c2cccc3nccn23)C(=O)N1c1ccccc1. The molecule has 0 unspecified atom stereocenters. The molecule has 2 amide bonds. The Balaban J connectivity index is 1.56. The van der Waals surface area contributed by atoms with Gasteiger partial charge in [0.2, 0.25) is 5.91 Å². The highest BCUT2D eigenvalue weighted by atomic mass is 16.2. The number of imidazole rings is 1. The summed E-state index contributed by atoms with van der Waals surface area (Å²) in [5.74, 6) is -0.353. The Kier molecular flexibility index (Phi) is 3.72. The highest BCUT2D eigenvalue weighted by Gasteiger charge is 2.39. The molecule has 0 saturated carbocycles. The van der Waals surface area contributed by atoms with Gasteiger partial charge in [0.05, 0.1) is 0 Å². The van der Waals surface area contributed by atoms with Crippen molar-refractivity contribution in [1.82, 2.24) is 14.7 Å². The smallest absolute Gasteiger partial charge is 0.268 e. The van der Waals surface area contributed by atoms with Crippen LogP contribution in [0.2, 0.25) is 0 Å². The zero-order valence-electron chi connectivity index (χ0n) is 13.8. The van der Waals surface area contributed by atoms with Gasteiger partial charge in [-0.05, 0) is 37.6 Å². The van der Waals surface area contributed by atoms with E-state index in [-0.39, 0.29) is 17.9 Å². The van der Waals surface area contributed by atoms with Crippen LogP contribution in [0.3, 0.4) is 0 Å². The summed E-state index contributed by atoms with van der Waals surface area (Å²) in [5, 5.41) is 2.88. The first kappa shape index (κ1) is 15.4. The minimum absolute atomic E-state index is 0.0317. The van der Waals surface area contributed by atoms with Gasteiger partial charge < -0.3 is 10.2 Å². The number of anilines is 1. The van der Waals surface area contributed by atoms with Gasteiger partial charge in [-0.1, -0.05) is 24.3 Å². The fraction of sp³-hybridized carbons (Fsp3) is 0.211. The Bertz CT molecular complexity index is 935. The topological polar surface area (TPSA) is 66.7 Å². The number of aromatic nitrogens is 2. The number of para-hydroxylation sites is 1. The maximum atomic E-state index is 12.8. The van der Waals surface area contributed by atoms with Gasteiger partial charge in [-0.25, -0.2) is 4.98 Å². The van der Waals surface area contributed by atoms with Crippen molar-refractivity contribution in [3.63, 3.8) is 0 Å². The second-order valence-electron chi connectivity index (χ2n) is 6.22. The molecule has 2 aromatic heterocycles. The maximum absolute atomic E-state index is 12.8. The quantitative estimate of drug-likeness (QED) is 0.799. The van der Waals surface area contributed by atoms with Gasteiger partial charge in [0.15, 0.2) is 0 Å². The molecule has 0 radical (unpaired) electrons. The Hall–Kier alpha value is -3.15. The molecule has 1 aliphatic heterocycles. The number of pyridine rings is 1. The summed E-state index contributed by atoms with van der Waals surface area (Å²) in [6.45, 7) is 1.99. The molecular weight excluding hydrogens is 316 g/mol. The summed E-state index contributed by atoms with van der Waals surface area (Å²) >= 11 is 0. The fourth-order valence-electron chi connectivity index (χ4n) is 3.39. The number of amides is 2. The van der Waals surface area contributed by atoms with Crippen molar-refractivity contribution in [1.29, 1.82) is 0 Å². The molecule has 0 spiro atoms. The van der Waals surface area contributed by atoms with Crippen molar-refractivity contribution in [2.75, 3.05) is 4.90 Å². The predicted octanol–water partition coefficient (Wildman–Crippen LogP) is 2.26. The van der Waals surface area contributed by atoms with Gasteiger partial charge in [-0.3, -0.25) is 14.0 Å². The first-order chi connectivity index (χ1) is 12.1. The molecule has 1 aromatic carbocycles. The van der Waals surface area contributed by atoms with Gasteiger partial charge in [0, 0.05) is 24.1 Å². The number of carbonyl (C=O) groups is 2. The third-order valence-electron chi connectivity index (χ3n) is 4.55. The summed E-state index contributed by atoms with van der Waals surface area (Å²) in [7, 11) is 0. The van der Waals surface area contributed by atoms with E-state index in [2.05, 4.69) is 10.3 Å². The van der Waals surface area contributed by atoms with Crippen molar-refractivity contribution < 1.29 is 9.59 Å². The molecule has 0 bridgehead atoms. The monoisotopic (exact) mass is 334 g/mol. The lowest BCUT2D eigenvalue weighted by Gasteiger charge is -2.21. The molecule has 25 heavy (non-hydrogen) atoms. The number of carbonyl (C=O) groups excluding carboxylic acids is 2. The van der Waals surface area contributed by atoms with E-state index >= 15 is 0 Å². The highest BCUT2D eigenvalue weighted by Crippen LogP contribution is 2.26. The number of fused-ring (bicyclic) bond motifs is 1. The molecule has 126 valence electrons. The van der Waals surface area contributed by atoms with E-state index in [4.69, 9.17) is 0 Å². The van der Waals surface area contributed by atoms with Crippen LogP contribution in [0.1, 0.15) is 23.8 Å². The van der Waals surface area contributed by atoms with Crippen molar-refractivity contribution in [2.24, 2.45) is 0 Å². The maximum Gasteiger partial charge on any atom is 0.268 e. The Morgan fingerprint density at radius 2 is 1.96 bits per heavy atom. The number of hydrogen-bond acceptors (Lipinski definition) is 3. The third-order valence-corrected chi connectivity index (χ3v) is 4.55. The minimum atomic E-state index is -0.526. The van der Waals surface area contributed by atoms with E-state index < -0.39 is 6.04 Å². The average molecular weight is 334 g/mol. The molecule has 6 heteroatoms. The summed E-state index contributed by atoms with van der Waals surface area (Å²) in [5.41, 5.74) is 2.02. The van der Waals surface area contributed by atoms with Crippen LogP contribution in [-0.4, -0.2) is 33.3 Å². The Labute approximate surface area is 145 Å². The van der Waals surface area contributed by atoms with Crippen LogP contribution in [0.5, 0.6) is 0 Å². The summed E-state index contributed by atoms with van der Waals surface area (Å²) in [6.07, 6.45) is 3.96. The third kappa shape index (κ3) is 2.65. The number of hydrogen-bond donors (Lipinski definition) is 1. The molecule has 4 rings (SSSR count). The van der Waals surface area contributed by atoms with Gasteiger partial charge in [-0.2, -0.15) is 0 Å². The minimum Gasteiger partial charge on any atom is -0.339 e. The van der Waals surface area contributed by atoms with Crippen LogP contribution in [0.15, 0.2) is 60.9 Å². The normalized spacial score (nSPS) is 20.2. The Morgan fingerprint density at radius 3 is 2.76 bits per heavy atom. The van der Waals surface area contributed by atoms with Crippen LogP contribution in [0, 0.1) is 0 Å². The molecular formula is C19H18N4O2. The number of benzene rings is 1. The highest BCUT2D eigenvalue weighted by molar-refractivity contribution is 6.04. The molecule has 3 heterocycles. The molecule has 1 saturated heterocycles.